The summed E-state index contributed by atoms with van der Waals surface area (Å²) in [5, 5.41) is 40.5. The third kappa shape index (κ3) is 20.5. The second-order valence-corrected chi connectivity index (χ2v) is 36.4. The number of urea groups is 2. The van der Waals surface area contributed by atoms with Gasteiger partial charge in [-0.2, -0.15) is 15.8 Å². The molecule has 0 unspecified atom stereocenters. The minimum Gasteiger partial charge on any atom is -0.338 e. The van der Waals surface area contributed by atoms with E-state index in [1.807, 2.05) is 18.2 Å². The Morgan fingerprint density at radius 1 is 0.361 bits per heavy atom. The zero-order chi connectivity index (χ0) is 86.6. The number of ketones is 1. The van der Waals surface area contributed by atoms with Crippen molar-refractivity contribution < 1.29 is 19.2 Å². The van der Waals surface area contributed by atoms with Crippen molar-refractivity contribution >= 4 is 23.8 Å². The molecule has 6 aliphatic carbocycles. The molecule has 0 radical (unpaired) electrons. The van der Waals surface area contributed by atoms with Gasteiger partial charge in [-0.05, 0) is 280 Å². The summed E-state index contributed by atoms with van der Waals surface area (Å²) in [4.78, 5) is 64.8. The lowest BCUT2D eigenvalue weighted by molar-refractivity contribution is -0.123. The van der Waals surface area contributed by atoms with Gasteiger partial charge in [-0.15, -0.1) is 0 Å². The van der Waals surface area contributed by atoms with Gasteiger partial charge in [-0.3, -0.25) is 44.3 Å². The van der Waals surface area contributed by atoms with Crippen LogP contribution in [0, 0.1) is 34.0 Å². The van der Waals surface area contributed by atoms with E-state index in [9.17, 15) is 29.7 Å². The van der Waals surface area contributed by atoms with E-state index in [2.05, 4.69) is 348 Å². The van der Waals surface area contributed by atoms with Crippen LogP contribution in [-0.2, 0) is 42.8 Å². The molecule has 6 N–H and O–H groups in total. The van der Waals surface area contributed by atoms with Gasteiger partial charge in [0.2, 0.25) is 5.91 Å². The number of rotatable bonds is 17. The topological polar surface area (TPSA) is 240 Å². The number of benzene rings is 6. The predicted molar refractivity (Wildman–Crippen MR) is 480 cm³/mol. The third-order valence-electron chi connectivity index (χ3n) is 29.5. The van der Waals surface area contributed by atoms with Gasteiger partial charge < -0.3 is 31.5 Å². The van der Waals surface area contributed by atoms with Crippen molar-refractivity contribution in [2.45, 2.75) is 243 Å². The van der Waals surface area contributed by atoms with Crippen molar-refractivity contribution in [3.05, 3.63) is 215 Å². The van der Waals surface area contributed by atoms with E-state index < -0.39 is 11.1 Å². The Hall–Kier alpha value is -8.85. The number of hydrogen-bond donors (Lipinski definition) is 5. The van der Waals surface area contributed by atoms with Crippen LogP contribution in [0.1, 0.15) is 215 Å². The number of nitrogens with one attached hydrogen (secondary N) is 4. The lowest BCUT2D eigenvalue weighted by Crippen LogP contribution is -2.55. The Morgan fingerprint density at radius 2 is 0.597 bits per heavy atom. The number of nitriles is 3. The molecule has 8 fully saturated rings. The molecule has 8 aliphatic rings. The summed E-state index contributed by atoms with van der Waals surface area (Å²) < 4.78 is 0. The molecule has 2 spiro atoms. The SMILES string of the molecule is CC(=O)NC1(C#N)CCC(c2ccccc2)(N(C)C)CC1.CCN1C(=O)NCC12CCC(c1ccccc1)(N(C)C)CC2.CCN1C(=O)NCC12CCC(c1ccccc1)(N(C)C)CC2.CCNC1(C#N)CCC(c2ccccc2)(N(C)C)CC1.CN(C)C1(c2ccccc2)CCC(=O)CC1.CN(C)C1(c2ccccc2)CCC(N)(C#N)CC1. The van der Waals surface area contributed by atoms with Crippen molar-refractivity contribution in [2.24, 2.45) is 5.73 Å². The number of hydrogen-bond acceptors (Lipinski definition) is 15. The molecule has 6 aromatic rings. The first kappa shape index (κ1) is 94.0. The van der Waals surface area contributed by atoms with Crippen LogP contribution in [0.2, 0.25) is 0 Å². The molecule has 20 heteroatoms. The van der Waals surface area contributed by atoms with Crippen LogP contribution in [0.5, 0.6) is 0 Å². The van der Waals surface area contributed by atoms with Crippen LogP contribution >= 0.6 is 0 Å². The maximum absolute atomic E-state index is 12.0. The molecule has 5 amide bonds. The van der Waals surface area contributed by atoms with Crippen LogP contribution in [0.15, 0.2) is 182 Å². The van der Waals surface area contributed by atoms with Gasteiger partial charge in [0.05, 0.1) is 29.3 Å². The average molecular weight is 1620 g/mol. The fourth-order valence-corrected chi connectivity index (χ4v) is 21.5. The van der Waals surface area contributed by atoms with Crippen molar-refractivity contribution in [3.8, 4) is 18.2 Å². The molecule has 2 heterocycles. The molecule has 0 aromatic heterocycles. The smallest absolute Gasteiger partial charge is 0.317 e. The Balaban J connectivity index is 0.000000163. The summed E-state index contributed by atoms with van der Waals surface area (Å²) in [6, 6.07) is 71.2. The largest absolute Gasteiger partial charge is 0.338 e. The fourth-order valence-electron chi connectivity index (χ4n) is 21.5. The second-order valence-electron chi connectivity index (χ2n) is 36.4. The predicted octanol–water partition coefficient (Wildman–Crippen LogP) is 15.7. The third-order valence-corrected chi connectivity index (χ3v) is 29.5. The molecule has 14 rings (SSSR count). The summed E-state index contributed by atoms with van der Waals surface area (Å²) >= 11 is 0. The van der Waals surface area contributed by atoms with Crippen LogP contribution in [0.25, 0.3) is 0 Å². The summed E-state index contributed by atoms with van der Waals surface area (Å²) in [5.74, 6) is 0.280. The number of amides is 5. The minimum atomic E-state index is -0.708. The van der Waals surface area contributed by atoms with E-state index in [0.717, 1.165) is 161 Å². The Bertz CT molecular complexity index is 4200. The molecule has 6 saturated carbocycles. The van der Waals surface area contributed by atoms with E-state index in [0.29, 0.717) is 31.5 Å². The molecular weight excluding hydrogens is 1480 g/mol. The van der Waals surface area contributed by atoms with Crippen LogP contribution < -0.4 is 27.0 Å². The zero-order valence-corrected chi connectivity index (χ0v) is 75.0. The first-order valence-corrected chi connectivity index (χ1v) is 43.8. The molecule has 6 aromatic carbocycles. The monoisotopic (exact) mass is 1620 g/mol. The maximum atomic E-state index is 12.0. The molecule has 119 heavy (non-hydrogen) atoms. The normalized spacial score (nSPS) is 29.5. The maximum Gasteiger partial charge on any atom is 0.317 e. The van der Waals surface area contributed by atoms with Gasteiger partial charge in [0.1, 0.15) is 22.4 Å². The second kappa shape index (κ2) is 40.7. The lowest BCUT2D eigenvalue weighted by atomic mass is 9.68. The standard InChI is InChI=1S/2C18H27N3O.C17H23N3O.C17H25N3.C15H21N3.C14H19NO/c2*1-4-21-16(22)19-14-17(21)10-12-18(13-11-17,20(2)3)15-8-6-5-7-9-15;1-14(21)19-16(13-18)9-11-17(12-10-16,20(2)3)15-7-5-4-6-8-15;1-4-19-16(14-18)10-12-17(13-11-16,20(2)3)15-8-6-5-7-9-15;1-18(2)15(13-6-4-3-5-7-13)10-8-14(17,12-16)9-11-15;1-15(2)14(10-8-13(16)9-11-14)12-6-4-3-5-7-12/h2*5-9H,4,10-14H2,1-3H3,(H,19,22);4-8H,9-12H2,1-3H3,(H,19,21);5-9,19H,4,10-13H2,1-3H3;3-7H,8-11,17H2,1-2H3;3-7H,8-11H2,1-2H3. The summed E-state index contributed by atoms with van der Waals surface area (Å²) in [7, 11) is 25.7. The molecule has 0 bridgehead atoms. The molecule has 20 nitrogen and oxygen atoms in total. The van der Waals surface area contributed by atoms with Crippen LogP contribution in [-0.4, -0.2) is 208 Å². The number of Topliss-reactive ketones (excluding diaryl/α,β-unsaturated/α-hetero) is 1. The highest BCUT2D eigenvalue weighted by molar-refractivity contribution is 5.80. The molecular formula is C99H142N16O4. The van der Waals surface area contributed by atoms with Crippen LogP contribution in [0.4, 0.5) is 9.59 Å². The summed E-state index contributed by atoms with van der Waals surface area (Å²) in [5.41, 5.74) is 12.9. The highest BCUT2D eigenvalue weighted by Gasteiger charge is 2.55. The molecule has 2 saturated heterocycles. The molecule has 2 aliphatic heterocycles. The van der Waals surface area contributed by atoms with Crippen molar-refractivity contribution in [1.29, 1.82) is 15.8 Å². The van der Waals surface area contributed by atoms with Crippen molar-refractivity contribution in [1.82, 2.24) is 60.5 Å². The Labute approximate surface area is 714 Å². The van der Waals surface area contributed by atoms with E-state index in [-0.39, 0.29) is 67.8 Å². The van der Waals surface area contributed by atoms with Gasteiger partial charge in [-0.25, -0.2) is 9.59 Å². The Morgan fingerprint density at radius 3 is 0.815 bits per heavy atom. The van der Waals surface area contributed by atoms with Crippen molar-refractivity contribution in [3.63, 3.8) is 0 Å². The average Bonchev–Trinajstić information content (AvgIpc) is 1.65. The van der Waals surface area contributed by atoms with Gasteiger partial charge >= 0.3 is 12.1 Å². The number of carbonyl (C=O) groups is 4. The number of nitrogens with two attached hydrogens (primary N) is 1. The molecule has 0 atom stereocenters. The van der Waals surface area contributed by atoms with Gasteiger partial charge in [0.15, 0.2) is 0 Å². The van der Waals surface area contributed by atoms with Gasteiger partial charge in [0.25, 0.3) is 0 Å². The zero-order valence-electron chi connectivity index (χ0n) is 75.0. The van der Waals surface area contributed by atoms with Crippen LogP contribution in [0.3, 0.4) is 0 Å². The van der Waals surface area contributed by atoms with E-state index >= 15 is 0 Å². The van der Waals surface area contributed by atoms with E-state index in [1.165, 1.54) is 40.3 Å². The number of carbonyl (C=O) groups excluding carboxylic acids is 4. The lowest BCUT2D eigenvalue weighted by Gasteiger charge is -2.50. The summed E-state index contributed by atoms with van der Waals surface area (Å²) in [6.45, 7) is 11.8. The van der Waals surface area contributed by atoms with Crippen molar-refractivity contribution in [2.75, 3.05) is 117 Å². The quantitative estimate of drug-likeness (QED) is 0.0571. The number of nitrogens with zero attached hydrogens (tertiary/aromatic N) is 11. The highest BCUT2D eigenvalue weighted by atomic mass is 16.2. The fraction of sp³-hybridized carbons (Fsp3) is 0.566. The number of likely N-dealkylation sites (N-methyl/N-ethyl adjacent to an activating group) is 2. The van der Waals surface area contributed by atoms with E-state index in [1.54, 1.807) is 0 Å². The summed E-state index contributed by atoms with van der Waals surface area (Å²) in [6.07, 6.45) is 22.3. The van der Waals surface area contributed by atoms with Gasteiger partial charge in [0, 0.05) is 79.2 Å². The molecule has 642 valence electrons. The van der Waals surface area contributed by atoms with E-state index in [4.69, 9.17) is 11.0 Å². The Kier molecular flexibility index (Phi) is 32.1. The minimum absolute atomic E-state index is 0.0279. The first-order chi connectivity index (χ1) is 56.8. The highest BCUT2D eigenvalue weighted by Crippen LogP contribution is 2.52. The van der Waals surface area contributed by atoms with Gasteiger partial charge in [-0.1, -0.05) is 189 Å². The first-order valence-electron chi connectivity index (χ1n) is 43.8.